The Hall–Kier alpha value is -0.850. The molecule has 2 rings (SSSR count). The molecule has 1 aliphatic heterocycles. The molecular weight excluding hydrogens is 349 g/mol. The fraction of sp³-hybridized carbons (Fsp3) is 0.588. The second-order valence-electron chi connectivity index (χ2n) is 6.09. The summed E-state index contributed by atoms with van der Waals surface area (Å²) >= 11 is 12.1. The number of piperidine rings is 1. The van der Waals surface area contributed by atoms with Crippen molar-refractivity contribution >= 4 is 34.8 Å². The van der Waals surface area contributed by atoms with E-state index in [1.807, 2.05) is 6.92 Å². The van der Waals surface area contributed by atoms with Gasteiger partial charge in [0, 0.05) is 19.7 Å². The number of carbonyl (C=O) groups is 1. The summed E-state index contributed by atoms with van der Waals surface area (Å²) < 4.78 is 5.11. The molecule has 0 aromatic heterocycles. The molecule has 0 unspecified atom stereocenters. The van der Waals surface area contributed by atoms with E-state index in [-0.39, 0.29) is 11.9 Å². The van der Waals surface area contributed by atoms with Gasteiger partial charge in [0.15, 0.2) is 0 Å². The fourth-order valence-electron chi connectivity index (χ4n) is 2.81. The number of rotatable bonds is 7. The van der Waals surface area contributed by atoms with E-state index in [4.69, 9.17) is 27.9 Å². The van der Waals surface area contributed by atoms with Crippen LogP contribution in [0.1, 0.15) is 19.8 Å². The predicted octanol–water partition coefficient (Wildman–Crippen LogP) is 3.02. The Morgan fingerprint density at radius 1 is 1.38 bits per heavy atom. The van der Waals surface area contributed by atoms with E-state index in [0.717, 1.165) is 39.1 Å². The molecule has 1 aromatic carbocycles. The molecule has 0 radical (unpaired) electrons. The maximum absolute atomic E-state index is 12.4. The van der Waals surface area contributed by atoms with Crippen LogP contribution in [0.5, 0.6) is 0 Å². The van der Waals surface area contributed by atoms with Crippen LogP contribution in [0.2, 0.25) is 10.0 Å². The summed E-state index contributed by atoms with van der Waals surface area (Å²) in [5.41, 5.74) is 0.539. The maximum Gasteiger partial charge on any atom is 0.241 e. The van der Waals surface area contributed by atoms with Gasteiger partial charge in [-0.2, -0.15) is 0 Å². The number of likely N-dealkylation sites (tertiary alicyclic amines) is 1. The van der Waals surface area contributed by atoms with Crippen molar-refractivity contribution in [3.8, 4) is 0 Å². The minimum Gasteiger partial charge on any atom is -0.383 e. The van der Waals surface area contributed by atoms with Crippen molar-refractivity contribution in [2.24, 2.45) is 0 Å². The standard InChI is InChI=1S/C17H25Cl2N3O2/c1-12(17(23)21-15-5-3-4-14(18)16(15)19)20-13-6-8-22(9-7-13)10-11-24-2/h3-5,12-13,20H,6-11H2,1-2H3,(H,21,23)/t12-/m1/s1. The molecule has 0 spiro atoms. The van der Waals surface area contributed by atoms with Crippen molar-refractivity contribution in [2.45, 2.75) is 31.8 Å². The molecular formula is C17H25Cl2N3O2. The van der Waals surface area contributed by atoms with E-state index in [2.05, 4.69) is 15.5 Å². The summed E-state index contributed by atoms with van der Waals surface area (Å²) in [7, 11) is 1.72. The van der Waals surface area contributed by atoms with Gasteiger partial charge in [-0.3, -0.25) is 4.79 Å². The Morgan fingerprint density at radius 3 is 2.75 bits per heavy atom. The molecule has 1 amide bonds. The van der Waals surface area contributed by atoms with Crippen LogP contribution in [-0.4, -0.2) is 56.2 Å². The molecule has 1 atom stereocenters. The fourth-order valence-corrected chi connectivity index (χ4v) is 3.16. The number of methoxy groups -OCH3 is 1. The molecule has 5 nitrogen and oxygen atoms in total. The van der Waals surface area contributed by atoms with Gasteiger partial charge in [-0.25, -0.2) is 0 Å². The molecule has 134 valence electrons. The van der Waals surface area contributed by atoms with Gasteiger partial charge in [-0.1, -0.05) is 29.3 Å². The third-order valence-electron chi connectivity index (χ3n) is 4.29. The van der Waals surface area contributed by atoms with Crippen molar-refractivity contribution in [1.29, 1.82) is 0 Å². The Morgan fingerprint density at radius 2 is 2.08 bits per heavy atom. The number of nitrogens with zero attached hydrogens (tertiary/aromatic N) is 1. The van der Waals surface area contributed by atoms with Gasteiger partial charge in [0.25, 0.3) is 0 Å². The first-order valence-corrected chi connectivity index (χ1v) is 8.99. The first-order chi connectivity index (χ1) is 11.5. The summed E-state index contributed by atoms with van der Waals surface area (Å²) in [5.74, 6) is -0.110. The van der Waals surface area contributed by atoms with Crippen LogP contribution in [-0.2, 0) is 9.53 Å². The molecule has 24 heavy (non-hydrogen) atoms. The number of anilines is 1. The lowest BCUT2D eigenvalue weighted by Gasteiger charge is -2.33. The SMILES string of the molecule is COCCN1CCC(N[C@H](C)C(=O)Nc2cccc(Cl)c2Cl)CC1. The van der Waals surface area contributed by atoms with Crippen molar-refractivity contribution in [2.75, 3.05) is 38.7 Å². The van der Waals surface area contributed by atoms with Gasteiger partial charge >= 0.3 is 0 Å². The van der Waals surface area contributed by atoms with Crippen LogP contribution in [0.4, 0.5) is 5.69 Å². The highest BCUT2D eigenvalue weighted by atomic mass is 35.5. The molecule has 7 heteroatoms. The van der Waals surface area contributed by atoms with E-state index in [1.54, 1.807) is 25.3 Å². The van der Waals surface area contributed by atoms with Gasteiger partial charge < -0.3 is 20.3 Å². The minimum absolute atomic E-state index is 0.110. The number of nitrogens with one attached hydrogen (secondary N) is 2. The predicted molar refractivity (Wildman–Crippen MR) is 99.0 cm³/mol. The molecule has 0 aliphatic carbocycles. The number of halogens is 2. The zero-order valence-electron chi connectivity index (χ0n) is 14.1. The van der Waals surface area contributed by atoms with Crippen LogP contribution in [0, 0.1) is 0 Å². The zero-order chi connectivity index (χ0) is 17.5. The van der Waals surface area contributed by atoms with Gasteiger partial charge in [0.1, 0.15) is 0 Å². The first kappa shape index (κ1) is 19.5. The number of ether oxygens (including phenoxy) is 1. The van der Waals surface area contributed by atoms with Crippen LogP contribution in [0.25, 0.3) is 0 Å². The molecule has 0 saturated carbocycles. The Balaban J connectivity index is 1.79. The molecule has 1 fully saturated rings. The topological polar surface area (TPSA) is 53.6 Å². The molecule has 2 N–H and O–H groups in total. The highest BCUT2D eigenvalue weighted by Gasteiger charge is 2.23. The maximum atomic E-state index is 12.4. The lowest BCUT2D eigenvalue weighted by molar-refractivity contribution is -0.118. The summed E-state index contributed by atoms with van der Waals surface area (Å²) in [4.78, 5) is 14.7. The lowest BCUT2D eigenvalue weighted by atomic mass is 10.0. The smallest absolute Gasteiger partial charge is 0.241 e. The number of benzene rings is 1. The average Bonchev–Trinajstić information content (AvgIpc) is 2.58. The molecule has 1 heterocycles. The van der Waals surface area contributed by atoms with Crippen molar-refractivity contribution in [1.82, 2.24) is 10.2 Å². The third-order valence-corrected chi connectivity index (χ3v) is 5.11. The van der Waals surface area contributed by atoms with Crippen LogP contribution >= 0.6 is 23.2 Å². The van der Waals surface area contributed by atoms with Gasteiger partial charge in [0.2, 0.25) is 5.91 Å². The van der Waals surface area contributed by atoms with Crippen LogP contribution in [0.3, 0.4) is 0 Å². The van der Waals surface area contributed by atoms with Crippen LogP contribution in [0.15, 0.2) is 18.2 Å². The normalized spacial score (nSPS) is 17.7. The largest absolute Gasteiger partial charge is 0.383 e. The summed E-state index contributed by atoms with van der Waals surface area (Å²) in [6, 6.07) is 5.25. The first-order valence-electron chi connectivity index (χ1n) is 8.23. The number of carbonyl (C=O) groups excluding carboxylic acids is 1. The number of hydrogen-bond donors (Lipinski definition) is 2. The second kappa shape index (κ2) is 9.59. The van der Waals surface area contributed by atoms with Gasteiger partial charge in [-0.05, 0) is 45.0 Å². The third kappa shape index (κ3) is 5.60. The average molecular weight is 374 g/mol. The summed E-state index contributed by atoms with van der Waals surface area (Å²) in [6.45, 7) is 5.64. The van der Waals surface area contributed by atoms with E-state index in [1.165, 1.54) is 0 Å². The number of hydrogen-bond acceptors (Lipinski definition) is 4. The zero-order valence-corrected chi connectivity index (χ0v) is 15.7. The minimum atomic E-state index is -0.296. The van der Waals surface area contributed by atoms with Gasteiger partial charge in [-0.15, -0.1) is 0 Å². The van der Waals surface area contributed by atoms with Crippen LogP contribution < -0.4 is 10.6 Å². The van der Waals surface area contributed by atoms with Crippen molar-refractivity contribution in [3.05, 3.63) is 28.2 Å². The van der Waals surface area contributed by atoms with Crippen molar-refractivity contribution < 1.29 is 9.53 Å². The van der Waals surface area contributed by atoms with E-state index in [9.17, 15) is 4.79 Å². The van der Waals surface area contributed by atoms with E-state index < -0.39 is 0 Å². The van der Waals surface area contributed by atoms with Crippen molar-refractivity contribution in [3.63, 3.8) is 0 Å². The summed E-state index contributed by atoms with van der Waals surface area (Å²) in [5, 5.41) is 7.03. The second-order valence-corrected chi connectivity index (χ2v) is 6.87. The quantitative estimate of drug-likeness (QED) is 0.771. The Bertz CT molecular complexity index is 549. The highest BCUT2D eigenvalue weighted by molar-refractivity contribution is 6.44. The monoisotopic (exact) mass is 373 g/mol. The highest BCUT2D eigenvalue weighted by Crippen LogP contribution is 2.29. The molecule has 1 saturated heterocycles. The summed E-state index contributed by atoms with van der Waals surface area (Å²) in [6.07, 6.45) is 2.05. The Kier molecular flexibility index (Phi) is 7.78. The van der Waals surface area contributed by atoms with E-state index >= 15 is 0 Å². The van der Waals surface area contributed by atoms with E-state index in [0.29, 0.717) is 21.8 Å². The lowest BCUT2D eigenvalue weighted by Crippen LogP contribution is -2.49. The molecule has 0 bridgehead atoms. The molecule has 1 aromatic rings. The number of amides is 1. The molecule has 1 aliphatic rings. The Labute approximate surface area is 153 Å². The van der Waals surface area contributed by atoms with Gasteiger partial charge in [0.05, 0.1) is 28.4 Å².